The molecule has 0 saturated carbocycles. The molecule has 0 saturated heterocycles. The topological polar surface area (TPSA) is 196 Å². The molecular formula is C26H31N3O8. The van der Waals surface area contributed by atoms with Gasteiger partial charge < -0.3 is 31.7 Å². The van der Waals surface area contributed by atoms with Crippen LogP contribution in [0, 0.1) is 0 Å². The summed E-state index contributed by atoms with van der Waals surface area (Å²) in [6.45, 7) is -0.0575. The van der Waals surface area contributed by atoms with E-state index in [4.69, 9.17) is 15.9 Å². The van der Waals surface area contributed by atoms with Crippen LogP contribution in [0.1, 0.15) is 43.2 Å². The average Bonchev–Trinajstić information content (AvgIpc) is 2.87. The molecule has 0 heterocycles. The van der Waals surface area contributed by atoms with E-state index in [-0.39, 0.29) is 25.9 Å². The number of carboxylic acids is 2. The monoisotopic (exact) mass is 513 g/mol. The van der Waals surface area contributed by atoms with Crippen LogP contribution in [0.5, 0.6) is 0 Å². The Kier molecular flexibility index (Phi) is 11.2. The zero-order chi connectivity index (χ0) is 27.4. The number of nitrogens with two attached hydrogens (primary N) is 1. The second-order valence-corrected chi connectivity index (χ2v) is 8.50. The van der Waals surface area contributed by atoms with Crippen molar-refractivity contribution < 1.29 is 39.3 Å². The lowest BCUT2D eigenvalue weighted by Gasteiger charge is -2.21. The molecule has 2 aromatic carbocycles. The number of aryl methyl sites for hydroxylation is 1. The quantitative estimate of drug-likeness (QED) is 0.202. The molecule has 7 N–H and O–H groups in total. The van der Waals surface area contributed by atoms with Crippen LogP contribution in [0.25, 0.3) is 11.1 Å². The van der Waals surface area contributed by atoms with Crippen molar-refractivity contribution in [3.63, 3.8) is 0 Å². The minimum atomic E-state index is -1.27. The minimum absolute atomic E-state index is 0.0223. The smallest absolute Gasteiger partial charge is 0.303 e. The van der Waals surface area contributed by atoms with Gasteiger partial charge in [0.2, 0.25) is 17.7 Å². The number of primary amides is 1. The SMILES string of the molecule is NC(=O)C(CCC(=O)O)NC(=O)C(CCC(=O)O)NC(=O)CCc1ccc(-c2cccc(CO)c2)cc1. The van der Waals surface area contributed by atoms with Crippen molar-refractivity contribution in [3.8, 4) is 11.1 Å². The first-order valence-corrected chi connectivity index (χ1v) is 11.7. The fraction of sp³-hybridized carbons (Fsp3) is 0.346. The molecule has 37 heavy (non-hydrogen) atoms. The third kappa shape index (κ3) is 10.1. The summed E-state index contributed by atoms with van der Waals surface area (Å²) in [7, 11) is 0. The van der Waals surface area contributed by atoms with Crippen LogP contribution in [0.3, 0.4) is 0 Å². The van der Waals surface area contributed by atoms with Crippen LogP contribution < -0.4 is 16.4 Å². The molecule has 0 radical (unpaired) electrons. The number of carboxylic acid groups (broad SMARTS) is 2. The number of rotatable bonds is 15. The lowest BCUT2D eigenvalue weighted by Crippen LogP contribution is -2.53. The Balaban J connectivity index is 1.98. The molecule has 0 bridgehead atoms. The summed E-state index contributed by atoms with van der Waals surface area (Å²) in [5, 5.41) is 31.9. The maximum atomic E-state index is 12.7. The van der Waals surface area contributed by atoms with E-state index in [0.29, 0.717) is 6.42 Å². The summed E-state index contributed by atoms with van der Waals surface area (Å²) in [5.41, 5.74) is 8.78. The number of hydrogen-bond acceptors (Lipinski definition) is 6. The van der Waals surface area contributed by atoms with E-state index in [1.165, 1.54) is 0 Å². The molecule has 3 amide bonds. The minimum Gasteiger partial charge on any atom is -0.481 e. The predicted molar refractivity (Wildman–Crippen MR) is 133 cm³/mol. The number of amides is 3. The second-order valence-electron chi connectivity index (χ2n) is 8.50. The standard InChI is InChI=1S/C26H31N3O8/c27-25(36)20(9-12-23(32)33)29-26(37)21(10-13-24(34)35)28-22(31)11-6-16-4-7-18(8-5-16)19-3-1-2-17(14-19)15-30/h1-5,7-8,14,20-21,30H,6,9-13,15H2,(H2,27,36)(H,28,31)(H,29,37)(H,32,33)(H,34,35). The van der Waals surface area contributed by atoms with Gasteiger partial charge in [0.15, 0.2) is 0 Å². The average molecular weight is 514 g/mol. The van der Waals surface area contributed by atoms with Crippen molar-refractivity contribution in [3.05, 3.63) is 59.7 Å². The maximum Gasteiger partial charge on any atom is 0.303 e. The van der Waals surface area contributed by atoms with E-state index in [2.05, 4.69) is 10.6 Å². The summed E-state index contributed by atoms with van der Waals surface area (Å²) in [6.07, 6.45) is -0.901. The van der Waals surface area contributed by atoms with Gasteiger partial charge in [-0.15, -0.1) is 0 Å². The number of aliphatic hydroxyl groups is 1. The van der Waals surface area contributed by atoms with Gasteiger partial charge in [-0.05, 0) is 47.6 Å². The number of carbonyl (C=O) groups excluding carboxylic acids is 3. The van der Waals surface area contributed by atoms with Gasteiger partial charge in [0.1, 0.15) is 12.1 Å². The highest BCUT2D eigenvalue weighted by Gasteiger charge is 2.26. The summed E-state index contributed by atoms with van der Waals surface area (Å²) >= 11 is 0. The van der Waals surface area contributed by atoms with Crippen molar-refractivity contribution in [2.75, 3.05) is 0 Å². The maximum absolute atomic E-state index is 12.7. The molecule has 2 rings (SSSR count). The van der Waals surface area contributed by atoms with Gasteiger partial charge in [0.25, 0.3) is 0 Å². The third-order valence-electron chi connectivity index (χ3n) is 5.64. The van der Waals surface area contributed by atoms with Gasteiger partial charge >= 0.3 is 11.9 Å². The van der Waals surface area contributed by atoms with Gasteiger partial charge in [-0.25, -0.2) is 0 Å². The number of hydrogen-bond donors (Lipinski definition) is 6. The van der Waals surface area contributed by atoms with E-state index in [1.54, 1.807) is 0 Å². The van der Waals surface area contributed by atoms with E-state index in [9.17, 15) is 29.1 Å². The van der Waals surface area contributed by atoms with Gasteiger partial charge in [-0.3, -0.25) is 24.0 Å². The molecule has 0 aromatic heterocycles. The zero-order valence-corrected chi connectivity index (χ0v) is 20.2. The molecule has 2 aromatic rings. The molecule has 2 atom stereocenters. The van der Waals surface area contributed by atoms with Crippen LogP contribution >= 0.6 is 0 Å². The summed E-state index contributed by atoms with van der Waals surface area (Å²) in [4.78, 5) is 58.6. The molecule has 0 spiro atoms. The highest BCUT2D eigenvalue weighted by Crippen LogP contribution is 2.21. The summed E-state index contributed by atoms with van der Waals surface area (Å²) < 4.78 is 0. The normalized spacial score (nSPS) is 12.2. The lowest BCUT2D eigenvalue weighted by molar-refractivity contribution is -0.139. The van der Waals surface area contributed by atoms with Crippen molar-refractivity contribution >= 4 is 29.7 Å². The number of nitrogens with one attached hydrogen (secondary N) is 2. The number of carbonyl (C=O) groups is 5. The lowest BCUT2D eigenvalue weighted by atomic mass is 10.0. The first-order valence-electron chi connectivity index (χ1n) is 11.7. The third-order valence-corrected chi connectivity index (χ3v) is 5.64. The molecule has 11 nitrogen and oxygen atoms in total. The van der Waals surface area contributed by atoms with Gasteiger partial charge in [0, 0.05) is 19.3 Å². The number of aliphatic carboxylic acids is 2. The second kappa shape index (κ2) is 14.3. The Morgan fingerprint density at radius 1 is 0.757 bits per heavy atom. The van der Waals surface area contributed by atoms with Crippen LogP contribution in [0.2, 0.25) is 0 Å². The predicted octanol–water partition coefficient (Wildman–Crippen LogP) is 0.963. The Bertz CT molecular complexity index is 1120. The van der Waals surface area contributed by atoms with Crippen LogP contribution in [0.15, 0.2) is 48.5 Å². The van der Waals surface area contributed by atoms with E-state index < -0.39 is 54.6 Å². The molecule has 198 valence electrons. The Hall–Kier alpha value is -4.25. The molecule has 0 aliphatic heterocycles. The number of benzene rings is 2. The Morgan fingerprint density at radius 2 is 1.38 bits per heavy atom. The molecule has 0 fully saturated rings. The Labute approximate surface area is 213 Å². The van der Waals surface area contributed by atoms with Crippen molar-refractivity contribution in [2.45, 2.75) is 57.2 Å². The van der Waals surface area contributed by atoms with E-state index >= 15 is 0 Å². The van der Waals surface area contributed by atoms with Crippen LogP contribution in [0.4, 0.5) is 0 Å². The van der Waals surface area contributed by atoms with Crippen molar-refractivity contribution in [2.24, 2.45) is 5.73 Å². The largest absolute Gasteiger partial charge is 0.481 e. The number of aliphatic hydroxyl groups excluding tert-OH is 1. The van der Waals surface area contributed by atoms with Gasteiger partial charge in [-0.2, -0.15) is 0 Å². The van der Waals surface area contributed by atoms with Crippen LogP contribution in [-0.4, -0.2) is 57.1 Å². The highest BCUT2D eigenvalue weighted by molar-refractivity contribution is 5.92. The first kappa shape index (κ1) is 29.0. The van der Waals surface area contributed by atoms with Gasteiger partial charge in [0.05, 0.1) is 6.61 Å². The van der Waals surface area contributed by atoms with E-state index in [1.807, 2.05) is 48.5 Å². The molecule has 0 aliphatic rings. The molecule has 2 unspecified atom stereocenters. The first-order chi connectivity index (χ1) is 17.6. The van der Waals surface area contributed by atoms with Crippen molar-refractivity contribution in [1.29, 1.82) is 0 Å². The van der Waals surface area contributed by atoms with Crippen molar-refractivity contribution in [1.82, 2.24) is 10.6 Å². The highest BCUT2D eigenvalue weighted by atomic mass is 16.4. The zero-order valence-electron chi connectivity index (χ0n) is 20.2. The summed E-state index contributed by atoms with van der Waals surface area (Å²) in [5.74, 6) is -4.61. The fourth-order valence-electron chi connectivity index (χ4n) is 3.60. The molecule has 0 aliphatic carbocycles. The summed E-state index contributed by atoms with van der Waals surface area (Å²) in [6, 6.07) is 12.5. The fourth-order valence-corrected chi connectivity index (χ4v) is 3.60. The van der Waals surface area contributed by atoms with Gasteiger partial charge in [-0.1, -0.05) is 42.5 Å². The Morgan fingerprint density at radius 3 is 1.95 bits per heavy atom. The van der Waals surface area contributed by atoms with Crippen LogP contribution in [-0.2, 0) is 37.0 Å². The molecule has 11 heteroatoms. The molecular weight excluding hydrogens is 482 g/mol. The van der Waals surface area contributed by atoms with E-state index in [0.717, 1.165) is 22.3 Å².